The molecule has 0 fully saturated rings. The largest absolute Gasteiger partial charge is 0.312 e. The smallest absolute Gasteiger partial charge is 0.254 e. The van der Waals surface area contributed by atoms with Crippen molar-refractivity contribution in [2.45, 2.75) is 196 Å². The molecule has 0 radical (unpaired) electrons. The molecule has 2 nitrogen and oxygen atoms in total. The maximum Gasteiger partial charge on any atom is 0.254 e. The first-order chi connectivity index (χ1) is 33.4. The summed E-state index contributed by atoms with van der Waals surface area (Å²) < 4.78 is 1.36. The number of nitrogens with zero attached hydrogens (tertiary/aromatic N) is 2. The summed E-state index contributed by atoms with van der Waals surface area (Å²) in [5.41, 5.74) is 25.5. The zero-order chi connectivity index (χ0) is 51.8. The van der Waals surface area contributed by atoms with Gasteiger partial charge in [-0.05, 0) is 198 Å². The van der Waals surface area contributed by atoms with E-state index in [9.17, 15) is 0 Å². The van der Waals surface area contributed by atoms with E-state index in [1.165, 1.54) is 141 Å². The van der Waals surface area contributed by atoms with Crippen molar-refractivity contribution >= 4 is 72.3 Å². The van der Waals surface area contributed by atoms with Gasteiger partial charge in [0.2, 0.25) is 0 Å². The normalized spacial score (nSPS) is 20.4. The van der Waals surface area contributed by atoms with Gasteiger partial charge in [0.15, 0.2) is 0 Å². The molecule has 1 atom stereocenters. The summed E-state index contributed by atoms with van der Waals surface area (Å²) in [6.07, 6.45) is 13.3. The Kier molecular flexibility index (Phi) is 10.9. The van der Waals surface area contributed by atoms with Crippen molar-refractivity contribution in [2.24, 2.45) is 11.3 Å². The van der Waals surface area contributed by atoms with Gasteiger partial charge < -0.3 is 9.80 Å². The van der Waals surface area contributed by atoms with E-state index < -0.39 is 0 Å². The van der Waals surface area contributed by atoms with Gasteiger partial charge in [-0.2, -0.15) is 0 Å². The Bertz CT molecular complexity index is 3320. The standard InChI is InChI=1S/C68H83BN2S/c1-40-32-55-59-56(33-40)71(60-41(2)34-45(64(9,10)11)37-47(60)42-20-26-49-50(35-42)66(14,15)29-28-65(49,12)13)61-58(48-36-44(63(6,7)8)23-27-57(48)72-61)69(59)53-38-51-52(68(18,19)31-30-67(51,16)17)39-54(53)70(55)46-24-21-43(22-25-46)62(3,4)5/h20-21,23-27,32-39,43H,22,28-31H2,1-19H3. The Morgan fingerprint density at radius 3 is 1.74 bits per heavy atom. The third-order valence-corrected chi connectivity index (χ3v) is 19.8. The third-order valence-electron chi connectivity index (χ3n) is 18.7. The molecule has 11 rings (SSSR count). The van der Waals surface area contributed by atoms with Gasteiger partial charge in [0, 0.05) is 33.0 Å². The van der Waals surface area contributed by atoms with E-state index in [4.69, 9.17) is 0 Å². The maximum absolute atomic E-state index is 2.78. The zero-order valence-corrected chi connectivity index (χ0v) is 48.5. The molecule has 1 unspecified atom stereocenters. The maximum atomic E-state index is 2.78. The number of allylic oxidation sites excluding steroid dienone is 3. The predicted molar refractivity (Wildman–Crippen MR) is 317 cm³/mol. The topological polar surface area (TPSA) is 6.48 Å². The second-order valence-electron chi connectivity index (χ2n) is 29.0. The van der Waals surface area contributed by atoms with Crippen molar-refractivity contribution in [1.29, 1.82) is 0 Å². The first-order valence-electron chi connectivity index (χ1n) is 27.6. The first-order valence-corrected chi connectivity index (χ1v) is 28.4. The molecule has 6 aromatic rings. The molecule has 0 saturated carbocycles. The van der Waals surface area contributed by atoms with Crippen LogP contribution in [0.5, 0.6) is 0 Å². The first kappa shape index (κ1) is 49.4. The van der Waals surface area contributed by atoms with Crippen LogP contribution in [0.2, 0.25) is 0 Å². The van der Waals surface area contributed by atoms with Crippen LogP contribution in [0.15, 0.2) is 96.7 Å². The van der Waals surface area contributed by atoms with Gasteiger partial charge in [0.25, 0.3) is 6.71 Å². The van der Waals surface area contributed by atoms with Gasteiger partial charge in [-0.25, -0.2) is 0 Å². The van der Waals surface area contributed by atoms with E-state index in [1.807, 2.05) is 11.3 Å². The van der Waals surface area contributed by atoms with Crippen LogP contribution in [0.1, 0.15) is 194 Å². The molecular weight excluding hydrogens is 888 g/mol. The summed E-state index contributed by atoms with van der Waals surface area (Å²) >= 11 is 2.01. The Hall–Kier alpha value is -4.80. The second-order valence-corrected chi connectivity index (χ2v) is 30.0. The van der Waals surface area contributed by atoms with Crippen molar-refractivity contribution in [1.82, 2.24) is 0 Å². The number of fused-ring (bicyclic) bond motifs is 8. The number of benzene rings is 5. The summed E-state index contributed by atoms with van der Waals surface area (Å²) in [4.78, 5) is 5.49. The minimum Gasteiger partial charge on any atom is -0.312 e. The molecular formula is C68H83BN2S. The molecule has 1 aromatic heterocycles. The quantitative estimate of drug-likeness (QED) is 0.163. The fourth-order valence-electron chi connectivity index (χ4n) is 13.6. The molecule has 2 aliphatic heterocycles. The molecule has 374 valence electrons. The predicted octanol–water partition coefficient (Wildman–Crippen LogP) is 17.7. The van der Waals surface area contributed by atoms with E-state index >= 15 is 0 Å². The molecule has 0 amide bonds. The van der Waals surface area contributed by atoms with Gasteiger partial charge in [-0.3, -0.25) is 0 Å². The fraction of sp³-hybridized carbons (Fsp3) is 0.471. The molecule has 4 heteroatoms. The van der Waals surface area contributed by atoms with Crippen LogP contribution < -0.4 is 26.2 Å². The highest BCUT2D eigenvalue weighted by Gasteiger charge is 2.49. The Balaban J connectivity index is 1.27. The highest BCUT2D eigenvalue weighted by Crippen LogP contribution is 2.55. The van der Waals surface area contributed by atoms with E-state index in [2.05, 4.69) is 232 Å². The lowest BCUT2D eigenvalue weighted by molar-refractivity contribution is 0.293. The molecule has 0 bridgehead atoms. The van der Waals surface area contributed by atoms with Crippen LogP contribution in [-0.4, -0.2) is 6.71 Å². The Morgan fingerprint density at radius 1 is 0.569 bits per heavy atom. The Morgan fingerprint density at radius 2 is 1.15 bits per heavy atom. The van der Waals surface area contributed by atoms with Crippen LogP contribution in [0, 0.1) is 25.2 Å². The minimum absolute atomic E-state index is 0.000461. The molecule has 5 aromatic carbocycles. The van der Waals surface area contributed by atoms with E-state index in [1.54, 1.807) is 0 Å². The van der Waals surface area contributed by atoms with Crippen LogP contribution in [0.4, 0.5) is 27.8 Å². The third kappa shape index (κ3) is 7.67. The van der Waals surface area contributed by atoms with E-state index in [0.717, 1.165) is 6.42 Å². The van der Waals surface area contributed by atoms with E-state index in [-0.39, 0.29) is 44.6 Å². The molecule has 3 heterocycles. The summed E-state index contributed by atoms with van der Waals surface area (Å²) in [6, 6.07) is 30.6. The highest BCUT2D eigenvalue weighted by molar-refractivity contribution is 7.26. The van der Waals surface area contributed by atoms with Crippen LogP contribution in [0.25, 0.3) is 21.2 Å². The van der Waals surface area contributed by atoms with Crippen LogP contribution in [0.3, 0.4) is 0 Å². The summed E-state index contributed by atoms with van der Waals surface area (Å²) in [5.74, 6) is 0.484. The van der Waals surface area contributed by atoms with Gasteiger partial charge in [-0.15, -0.1) is 11.3 Å². The lowest BCUT2D eigenvalue weighted by Crippen LogP contribution is -2.62. The molecule has 72 heavy (non-hydrogen) atoms. The molecule has 0 spiro atoms. The number of thiophene rings is 1. The number of rotatable bonds is 3. The molecule has 0 N–H and O–H groups in total. The van der Waals surface area contributed by atoms with Crippen molar-refractivity contribution in [3.63, 3.8) is 0 Å². The average Bonchev–Trinajstić information content (AvgIpc) is 3.67. The monoisotopic (exact) mass is 971 g/mol. The second kappa shape index (κ2) is 15.9. The number of hydrogen-bond acceptors (Lipinski definition) is 3. The van der Waals surface area contributed by atoms with Crippen molar-refractivity contribution in [3.8, 4) is 11.1 Å². The Labute approximate surface area is 439 Å². The molecule has 5 aliphatic rings. The number of anilines is 5. The van der Waals surface area contributed by atoms with Crippen molar-refractivity contribution < 1.29 is 0 Å². The van der Waals surface area contributed by atoms with Crippen molar-refractivity contribution in [3.05, 3.63) is 141 Å². The van der Waals surface area contributed by atoms with E-state index in [0.29, 0.717) is 5.92 Å². The summed E-state index contributed by atoms with van der Waals surface area (Å²) in [6.45, 7) is 46.1. The van der Waals surface area contributed by atoms with Gasteiger partial charge in [0.05, 0.1) is 10.7 Å². The summed E-state index contributed by atoms with van der Waals surface area (Å²) in [5, 5.41) is 2.76. The SMILES string of the molecule is Cc1cc2c3c(c1)N(c1c(C)cc(C(C)(C)C)cc1-c1ccc4c(c1)C(C)(C)CCC4(C)C)c1sc4ccc(C(C)(C)C)cc4c1B3c1cc3c(cc1N2C1=CCC(C(C)(C)C)C=C1)C(C)(C)CCC3(C)C. The van der Waals surface area contributed by atoms with Crippen LogP contribution in [-0.2, 0) is 32.5 Å². The van der Waals surface area contributed by atoms with Crippen molar-refractivity contribution in [2.75, 3.05) is 9.80 Å². The lowest BCUT2D eigenvalue weighted by atomic mass is 9.33. The number of hydrogen-bond donors (Lipinski definition) is 0. The molecule has 0 saturated heterocycles. The zero-order valence-electron chi connectivity index (χ0n) is 47.7. The average molecular weight is 971 g/mol. The lowest BCUT2D eigenvalue weighted by Gasteiger charge is -2.47. The number of aryl methyl sites for hydroxylation is 2. The van der Waals surface area contributed by atoms with Gasteiger partial charge >= 0.3 is 0 Å². The van der Waals surface area contributed by atoms with Gasteiger partial charge in [-0.1, -0.05) is 172 Å². The molecule has 3 aliphatic carbocycles. The summed E-state index contributed by atoms with van der Waals surface area (Å²) in [7, 11) is 0. The van der Waals surface area contributed by atoms with Crippen LogP contribution >= 0.6 is 11.3 Å². The fourth-order valence-corrected chi connectivity index (χ4v) is 14.8. The minimum atomic E-state index is -0.0337. The van der Waals surface area contributed by atoms with Gasteiger partial charge in [0.1, 0.15) is 0 Å². The highest BCUT2D eigenvalue weighted by atomic mass is 32.1.